The van der Waals surface area contributed by atoms with Crippen LogP contribution in [0.1, 0.15) is 226 Å². The van der Waals surface area contributed by atoms with Crippen LogP contribution in [-0.2, 0) is 124 Å². The molecule has 0 amide bonds. The van der Waals surface area contributed by atoms with E-state index in [1.807, 2.05) is 0 Å². The summed E-state index contributed by atoms with van der Waals surface area (Å²) in [5.74, 6) is -3.80. The maximum Gasteiger partial charge on any atom is 0.333 e. The molecule has 26 heteroatoms. The topological polar surface area (TPSA) is 334 Å². The first-order chi connectivity index (χ1) is 48.1. The second-order valence-corrected chi connectivity index (χ2v) is 28.0. The molecule has 8 aliphatic heterocycles. The predicted octanol–water partition coefficient (Wildman–Crippen LogP) is 10.0. The van der Waals surface area contributed by atoms with Crippen LogP contribution in [0.25, 0.3) is 0 Å². The number of carbonyl (C=O) groups excluding carboxylic acids is 12. The van der Waals surface area contributed by atoms with E-state index in [1.54, 1.807) is 20.8 Å². The van der Waals surface area contributed by atoms with Gasteiger partial charge in [-0.15, -0.1) is 0 Å². The number of hydrogen-bond acceptors (Lipinski definition) is 26. The first-order valence-corrected chi connectivity index (χ1v) is 35.6. The van der Waals surface area contributed by atoms with Crippen molar-refractivity contribution in [1.29, 1.82) is 0 Å². The molecule has 12 aliphatic rings. The minimum absolute atomic E-state index is 0.184. The molecule has 8 unspecified atom stereocenters. The molecular formula is C75H102O26. The molecule has 0 N–H and O–H groups in total. The van der Waals surface area contributed by atoms with Gasteiger partial charge in [0.2, 0.25) is 0 Å². The molecule has 8 atom stereocenters. The van der Waals surface area contributed by atoms with E-state index in [-0.39, 0.29) is 97.6 Å². The molecule has 0 radical (unpaired) electrons. The minimum atomic E-state index is -0.817. The molecule has 0 aromatic rings. The van der Waals surface area contributed by atoms with Crippen LogP contribution < -0.4 is 0 Å². The van der Waals surface area contributed by atoms with E-state index in [9.17, 15) is 57.5 Å². The fourth-order valence-electron chi connectivity index (χ4n) is 15.0. The molecular weight excluding hydrogens is 1320 g/mol. The number of rotatable bonds is 18. The van der Waals surface area contributed by atoms with Gasteiger partial charge < -0.3 is 66.3 Å². The van der Waals surface area contributed by atoms with Crippen LogP contribution in [-0.4, -0.2) is 168 Å². The zero-order chi connectivity index (χ0) is 73.6. The average molecular weight is 1420 g/mol. The standard InChI is InChI=1S/C14H20O4.2C13H18O4.C12H16O5.C12H16O4.C11H14O5/c1-10(2)13(16)18-14(8-4-3-5-9-14)11-6-7-12(15)17-11;1-9(2)12(15)17-13(7-3-4-8-13)10-5-6-11(14)16-10;1-2-11(14)17-13(8-4-3-5-9-13)10-6-7-12(15)16-10;1-8(2)11(14)17-12(5-6-15-7-12)9-3-4-10(13)16-9;1-2-10(13)16-12(7-3-4-8-12)9-5-6-11(14)15-9;1-2-9(12)16-11(5-6-14-7-11)8-3-4-10(13)15-8/h11H,1,3-9H2,2H3;10H,1,3-8H2,2H3;2,10H,1,3-9H2;9H,1,3-7H2,2H3;2,9H,1,3-8H2;2,8H,1,3-7H2. The summed E-state index contributed by atoms with van der Waals surface area (Å²) >= 11 is 0. The number of esters is 12. The van der Waals surface area contributed by atoms with Gasteiger partial charge in [0, 0.05) is 86.3 Å². The van der Waals surface area contributed by atoms with Crippen molar-refractivity contribution in [1.82, 2.24) is 0 Å². The van der Waals surface area contributed by atoms with Crippen LogP contribution in [0.15, 0.2) is 74.4 Å². The Morgan fingerprint density at radius 2 is 0.515 bits per heavy atom. The highest BCUT2D eigenvalue weighted by atomic mass is 16.7. The summed E-state index contributed by atoms with van der Waals surface area (Å²) < 4.78 is 75.1. The third-order valence-electron chi connectivity index (χ3n) is 20.5. The fraction of sp³-hybridized carbons (Fsp3) is 0.680. The maximum atomic E-state index is 11.8. The minimum Gasteiger partial charge on any atom is -0.458 e. The highest BCUT2D eigenvalue weighted by molar-refractivity contribution is 5.89. The third kappa shape index (κ3) is 21.5. The van der Waals surface area contributed by atoms with Crippen LogP contribution in [0.5, 0.6) is 0 Å². The van der Waals surface area contributed by atoms with Crippen molar-refractivity contribution in [3.05, 3.63) is 74.4 Å². The predicted molar refractivity (Wildman–Crippen MR) is 357 cm³/mol. The lowest BCUT2D eigenvalue weighted by atomic mass is 9.79. The van der Waals surface area contributed by atoms with Gasteiger partial charge in [0.1, 0.15) is 59.0 Å². The molecule has 0 aromatic carbocycles. The summed E-state index contributed by atoms with van der Waals surface area (Å²) in [6, 6.07) is 0. The number of ether oxygens (including phenoxy) is 14. The Balaban J connectivity index is 0.000000170. The number of carbonyl (C=O) groups is 12. The molecule has 0 aromatic heterocycles. The number of hydrogen-bond donors (Lipinski definition) is 0. The largest absolute Gasteiger partial charge is 0.458 e. The molecule has 8 saturated heterocycles. The Hall–Kier alpha value is -8.00. The van der Waals surface area contributed by atoms with Crippen molar-refractivity contribution in [2.45, 2.75) is 296 Å². The molecule has 0 bridgehead atoms. The molecule has 101 heavy (non-hydrogen) atoms. The van der Waals surface area contributed by atoms with Gasteiger partial charge in [0.05, 0.1) is 26.4 Å². The van der Waals surface area contributed by atoms with Crippen LogP contribution >= 0.6 is 0 Å². The Kier molecular flexibility index (Phi) is 29.2. The summed E-state index contributed by atoms with van der Waals surface area (Å²) in [6.45, 7) is 27.4. The quantitative estimate of drug-likeness (QED) is 0.0699. The van der Waals surface area contributed by atoms with Crippen molar-refractivity contribution in [3.8, 4) is 0 Å². The molecule has 4 saturated carbocycles. The zero-order valence-electron chi connectivity index (χ0n) is 59.0. The molecule has 8 heterocycles. The van der Waals surface area contributed by atoms with E-state index in [2.05, 4.69) is 39.5 Å². The van der Waals surface area contributed by atoms with E-state index < -0.39 is 57.5 Å². The van der Waals surface area contributed by atoms with Crippen molar-refractivity contribution in [2.24, 2.45) is 0 Å². The highest BCUT2D eigenvalue weighted by Gasteiger charge is 2.55. The van der Waals surface area contributed by atoms with Crippen molar-refractivity contribution in [2.75, 3.05) is 26.4 Å². The SMILES string of the molecule is C=C(C)C(=O)OC1(C2CCC(=O)O2)CCCC1.C=C(C)C(=O)OC1(C2CCC(=O)O2)CCCCC1.C=C(C)C(=O)OC1(C2CCC(=O)O2)CCOC1.C=CC(=O)OC1(C2CCC(=O)O2)CCCC1.C=CC(=O)OC1(C2CCC(=O)O2)CCCCC1.C=CC(=O)OC1(C2CCC(=O)O2)CCOC1. The number of cyclic esters (lactones) is 6. The van der Waals surface area contributed by atoms with Crippen molar-refractivity contribution < 1.29 is 124 Å². The molecule has 4 aliphatic carbocycles. The molecule has 26 nitrogen and oxygen atoms in total. The molecule has 558 valence electrons. The smallest absolute Gasteiger partial charge is 0.333 e. The first-order valence-electron chi connectivity index (χ1n) is 35.6. The summed E-state index contributed by atoms with van der Waals surface area (Å²) in [6.07, 6.45) is 25.6. The molecule has 12 rings (SSSR count). The zero-order valence-corrected chi connectivity index (χ0v) is 59.0. The van der Waals surface area contributed by atoms with Gasteiger partial charge in [-0.25, -0.2) is 28.8 Å². The third-order valence-corrected chi connectivity index (χ3v) is 20.5. The monoisotopic (exact) mass is 1420 g/mol. The Morgan fingerprint density at radius 1 is 0.317 bits per heavy atom. The molecule has 12 fully saturated rings. The summed E-state index contributed by atoms with van der Waals surface area (Å²) in [5.41, 5.74) is -2.90. The second-order valence-electron chi connectivity index (χ2n) is 28.0. The summed E-state index contributed by atoms with van der Waals surface area (Å²) in [5, 5.41) is 0. The van der Waals surface area contributed by atoms with Crippen LogP contribution in [0.3, 0.4) is 0 Å². The lowest BCUT2D eigenvalue weighted by Gasteiger charge is -2.40. The van der Waals surface area contributed by atoms with E-state index in [1.165, 1.54) is 6.08 Å². The van der Waals surface area contributed by atoms with Gasteiger partial charge in [-0.05, 0) is 162 Å². The van der Waals surface area contributed by atoms with E-state index in [0.717, 1.165) is 128 Å². The molecule has 0 spiro atoms. The van der Waals surface area contributed by atoms with E-state index >= 15 is 0 Å². The Bertz CT molecular complexity index is 2950. The van der Waals surface area contributed by atoms with E-state index in [4.69, 9.17) is 66.3 Å². The Morgan fingerprint density at radius 3 is 0.713 bits per heavy atom. The van der Waals surface area contributed by atoms with Gasteiger partial charge in [-0.1, -0.05) is 52.3 Å². The summed E-state index contributed by atoms with van der Waals surface area (Å²) in [7, 11) is 0. The van der Waals surface area contributed by atoms with Crippen LogP contribution in [0, 0.1) is 0 Å². The summed E-state index contributed by atoms with van der Waals surface area (Å²) in [4.78, 5) is 136. The van der Waals surface area contributed by atoms with E-state index in [0.29, 0.717) is 120 Å². The van der Waals surface area contributed by atoms with Gasteiger partial charge >= 0.3 is 71.6 Å². The Labute approximate surface area is 590 Å². The second kappa shape index (κ2) is 36.7. The van der Waals surface area contributed by atoms with Crippen molar-refractivity contribution >= 4 is 71.6 Å². The van der Waals surface area contributed by atoms with Gasteiger partial charge in [0.15, 0.2) is 11.2 Å². The maximum absolute atomic E-state index is 11.8. The lowest BCUT2D eigenvalue weighted by molar-refractivity contribution is -0.181. The van der Waals surface area contributed by atoms with Crippen LogP contribution in [0.2, 0.25) is 0 Å². The van der Waals surface area contributed by atoms with Gasteiger partial charge in [0.25, 0.3) is 0 Å². The normalized spacial score (nSPS) is 28.9. The fourth-order valence-corrected chi connectivity index (χ4v) is 15.0. The van der Waals surface area contributed by atoms with Crippen molar-refractivity contribution in [3.63, 3.8) is 0 Å². The first kappa shape index (κ1) is 80.3. The van der Waals surface area contributed by atoms with Crippen LogP contribution in [0.4, 0.5) is 0 Å². The van der Waals surface area contributed by atoms with Gasteiger partial charge in [-0.3, -0.25) is 28.8 Å². The average Bonchev–Trinajstić information content (AvgIpc) is 1.67. The van der Waals surface area contributed by atoms with Gasteiger partial charge in [-0.2, -0.15) is 0 Å². The lowest BCUT2D eigenvalue weighted by Crippen LogP contribution is -2.48. The highest BCUT2D eigenvalue weighted by Crippen LogP contribution is 2.46.